The van der Waals surface area contributed by atoms with Crippen LogP contribution in [0.5, 0.6) is 5.75 Å². The molecule has 0 spiro atoms. The fraction of sp³-hybridized carbons (Fsp3) is 0.111. The summed E-state index contributed by atoms with van der Waals surface area (Å²) in [5.74, 6) is -0.384. The highest BCUT2D eigenvalue weighted by Gasteiger charge is 2.43. The third-order valence-corrected chi connectivity index (χ3v) is 4.06. The Morgan fingerprint density at radius 1 is 1.11 bits per heavy atom. The number of alkyl halides is 4. The summed E-state index contributed by atoms with van der Waals surface area (Å²) in [5, 5.41) is 6.39. The van der Waals surface area contributed by atoms with Gasteiger partial charge in [-0.1, -0.05) is 42.5 Å². The Hall–Kier alpha value is -2.94. The second-order valence-electron chi connectivity index (χ2n) is 5.31. The number of anilines is 1. The molecule has 0 saturated heterocycles. The highest BCUT2D eigenvalue weighted by atomic mass is 32.1. The quantitative estimate of drug-likeness (QED) is 0.327. The molecule has 0 aliphatic carbocycles. The van der Waals surface area contributed by atoms with Crippen LogP contribution in [0.15, 0.2) is 65.1 Å². The van der Waals surface area contributed by atoms with Crippen LogP contribution in [0.2, 0.25) is 0 Å². The molecule has 140 valence electrons. The van der Waals surface area contributed by atoms with Crippen molar-refractivity contribution in [3.63, 3.8) is 0 Å². The van der Waals surface area contributed by atoms with Crippen LogP contribution in [0.25, 0.3) is 11.3 Å². The minimum Gasteiger partial charge on any atom is -0.428 e. The number of rotatable bonds is 7. The number of benzene rings is 2. The zero-order valence-corrected chi connectivity index (χ0v) is 14.5. The van der Waals surface area contributed by atoms with Gasteiger partial charge in [-0.25, -0.2) is 4.98 Å². The maximum atomic E-state index is 13.0. The first-order valence-corrected chi connectivity index (χ1v) is 8.57. The number of hydrogen-bond acceptors (Lipinski definition) is 5. The van der Waals surface area contributed by atoms with Crippen LogP contribution in [0.3, 0.4) is 0 Å². The molecule has 0 amide bonds. The smallest absolute Gasteiger partial charge is 0.428 e. The summed E-state index contributed by atoms with van der Waals surface area (Å²) in [6.45, 7) is 0. The van der Waals surface area contributed by atoms with E-state index < -0.39 is 12.5 Å². The molecule has 4 nitrogen and oxygen atoms in total. The molecule has 9 heteroatoms. The fourth-order valence-corrected chi connectivity index (χ4v) is 2.76. The van der Waals surface area contributed by atoms with Crippen molar-refractivity contribution >= 4 is 22.7 Å². The van der Waals surface area contributed by atoms with Gasteiger partial charge in [0, 0.05) is 10.9 Å². The van der Waals surface area contributed by atoms with Gasteiger partial charge >= 0.3 is 12.5 Å². The van der Waals surface area contributed by atoms with Crippen molar-refractivity contribution in [1.82, 2.24) is 4.98 Å². The molecule has 27 heavy (non-hydrogen) atoms. The maximum Gasteiger partial charge on any atom is 0.461 e. The Balaban J connectivity index is 1.64. The van der Waals surface area contributed by atoms with E-state index in [1.807, 2.05) is 35.7 Å². The monoisotopic (exact) mass is 395 g/mol. The number of hydrogen-bond donors (Lipinski definition) is 1. The van der Waals surface area contributed by atoms with E-state index in [0.29, 0.717) is 10.7 Å². The van der Waals surface area contributed by atoms with E-state index in [1.54, 1.807) is 6.07 Å². The molecule has 0 aliphatic rings. The van der Waals surface area contributed by atoms with Gasteiger partial charge in [-0.15, -0.1) is 11.3 Å². The Bertz CT molecular complexity index is 916. The van der Waals surface area contributed by atoms with E-state index >= 15 is 0 Å². The summed E-state index contributed by atoms with van der Waals surface area (Å²) in [6, 6.07) is 14.9. The van der Waals surface area contributed by atoms with E-state index in [4.69, 9.17) is 0 Å². The summed E-state index contributed by atoms with van der Waals surface area (Å²) >= 11 is 1.35. The topological polar surface area (TPSA) is 46.5 Å². The third kappa shape index (κ3) is 5.04. The molecule has 0 radical (unpaired) electrons. The van der Waals surface area contributed by atoms with Crippen LogP contribution >= 0.6 is 11.3 Å². The Labute approximate surface area is 156 Å². The summed E-state index contributed by atoms with van der Waals surface area (Å²) in [7, 11) is 0. The first-order valence-electron chi connectivity index (χ1n) is 7.69. The molecule has 3 aromatic rings. The number of hydrazone groups is 1. The lowest BCUT2D eigenvalue weighted by Gasteiger charge is -2.16. The molecule has 3 rings (SSSR count). The third-order valence-electron chi connectivity index (χ3n) is 3.31. The van der Waals surface area contributed by atoms with Gasteiger partial charge in [-0.3, -0.25) is 5.43 Å². The van der Waals surface area contributed by atoms with Crippen LogP contribution < -0.4 is 10.2 Å². The van der Waals surface area contributed by atoms with Crippen molar-refractivity contribution in [2.24, 2.45) is 5.10 Å². The minimum atomic E-state index is -4.55. The second kappa shape index (κ2) is 8.17. The number of nitrogens with one attached hydrogen (secondary N) is 1. The van der Waals surface area contributed by atoms with Gasteiger partial charge in [-0.2, -0.15) is 22.7 Å². The average Bonchev–Trinajstić information content (AvgIpc) is 3.11. The van der Waals surface area contributed by atoms with E-state index in [9.17, 15) is 17.6 Å². The van der Waals surface area contributed by atoms with Gasteiger partial charge in [0.2, 0.25) is 5.13 Å². The highest BCUT2D eigenvalue weighted by Crippen LogP contribution is 2.28. The summed E-state index contributed by atoms with van der Waals surface area (Å²) in [6.07, 6.45) is -7.13. The van der Waals surface area contributed by atoms with Crippen molar-refractivity contribution in [2.45, 2.75) is 12.5 Å². The van der Waals surface area contributed by atoms with Gasteiger partial charge in [0.15, 0.2) is 0 Å². The van der Waals surface area contributed by atoms with Crippen molar-refractivity contribution < 1.29 is 22.3 Å². The van der Waals surface area contributed by atoms with Gasteiger partial charge < -0.3 is 4.74 Å². The number of ether oxygens (including phenoxy) is 1. The Kier molecular flexibility index (Phi) is 5.70. The van der Waals surface area contributed by atoms with Crippen LogP contribution in [0, 0.1) is 0 Å². The standard InChI is InChI=1S/C18H13F4N3OS/c19-16(20)18(21,22)26-14-8-4-5-12(9-14)10-23-25-17-24-15(11-27-17)13-6-2-1-3-7-13/h1-11,16H,(H,24,25). The summed E-state index contributed by atoms with van der Waals surface area (Å²) in [4.78, 5) is 4.38. The lowest BCUT2D eigenvalue weighted by Crippen LogP contribution is -2.33. The molecule has 0 bridgehead atoms. The predicted octanol–water partition coefficient (Wildman–Crippen LogP) is 5.49. The predicted molar refractivity (Wildman–Crippen MR) is 96.8 cm³/mol. The molecule has 1 heterocycles. The zero-order chi connectivity index (χ0) is 19.3. The normalized spacial score (nSPS) is 11.9. The fourth-order valence-electron chi connectivity index (χ4n) is 2.09. The molecule has 0 fully saturated rings. The lowest BCUT2D eigenvalue weighted by molar-refractivity contribution is -0.253. The highest BCUT2D eigenvalue weighted by molar-refractivity contribution is 7.14. The van der Waals surface area contributed by atoms with Crippen molar-refractivity contribution in [3.05, 3.63) is 65.5 Å². The first kappa shape index (κ1) is 18.8. The summed E-state index contributed by atoms with van der Waals surface area (Å²) < 4.78 is 54.3. The largest absolute Gasteiger partial charge is 0.461 e. The molecule has 1 N–H and O–H groups in total. The minimum absolute atomic E-state index is 0.384. The second-order valence-corrected chi connectivity index (χ2v) is 6.17. The van der Waals surface area contributed by atoms with Crippen LogP contribution in [-0.2, 0) is 0 Å². The molecule has 0 unspecified atom stereocenters. The molecule has 0 saturated carbocycles. The van der Waals surface area contributed by atoms with Gasteiger partial charge in [-0.05, 0) is 17.7 Å². The van der Waals surface area contributed by atoms with Gasteiger partial charge in [0.1, 0.15) is 5.75 Å². The van der Waals surface area contributed by atoms with E-state index in [0.717, 1.165) is 17.3 Å². The molecular formula is C18H13F4N3OS. The number of halogens is 4. The lowest BCUT2D eigenvalue weighted by atomic mass is 10.2. The summed E-state index contributed by atoms with van der Waals surface area (Å²) in [5.41, 5.74) is 4.89. The van der Waals surface area contributed by atoms with Crippen molar-refractivity contribution in [3.8, 4) is 17.0 Å². The van der Waals surface area contributed by atoms with E-state index in [-0.39, 0.29) is 5.75 Å². The Morgan fingerprint density at radius 2 is 1.89 bits per heavy atom. The van der Waals surface area contributed by atoms with Crippen LogP contribution in [0.1, 0.15) is 5.56 Å². The molecular weight excluding hydrogens is 382 g/mol. The van der Waals surface area contributed by atoms with Gasteiger partial charge in [0.25, 0.3) is 0 Å². The van der Waals surface area contributed by atoms with Crippen LogP contribution in [0.4, 0.5) is 22.7 Å². The number of thiazole rings is 1. The average molecular weight is 395 g/mol. The van der Waals surface area contributed by atoms with E-state index in [2.05, 4.69) is 20.2 Å². The van der Waals surface area contributed by atoms with Crippen molar-refractivity contribution in [1.29, 1.82) is 0 Å². The van der Waals surface area contributed by atoms with Crippen molar-refractivity contribution in [2.75, 3.05) is 5.43 Å². The molecule has 2 aromatic carbocycles. The zero-order valence-electron chi connectivity index (χ0n) is 13.7. The molecule has 0 aliphatic heterocycles. The van der Waals surface area contributed by atoms with Gasteiger partial charge in [0.05, 0.1) is 11.9 Å². The first-order chi connectivity index (χ1) is 12.9. The maximum absolute atomic E-state index is 13.0. The Morgan fingerprint density at radius 3 is 2.63 bits per heavy atom. The van der Waals surface area contributed by atoms with E-state index in [1.165, 1.54) is 29.7 Å². The number of aromatic nitrogens is 1. The SMILES string of the molecule is FC(F)C(F)(F)Oc1cccc(C=NNc2nc(-c3ccccc3)cs2)c1. The number of nitrogens with zero attached hydrogens (tertiary/aromatic N) is 2. The molecule has 0 atom stereocenters. The van der Waals surface area contributed by atoms with Crippen LogP contribution in [-0.4, -0.2) is 23.7 Å². The molecule has 1 aromatic heterocycles.